The van der Waals surface area contributed by atoms with Crippen LogP contribution in [0.1, 0.15) is 34.6 Å². The van der Waals surface area contributed by atoms with Gasteiger partial charge < -0.3 is 4.74 Å². The lowest BCUT2D eigenvalue weighted by atomic mass is 10.3. The van der Waals surface area contributed by atoms with Crippen LogP contribution >= 0.6 is 0 Å². The average molecular weight is 213 g/mol. The number of amides is 2. The summed E-state index contributed by atoms with van der Waals surface area (Å²) in [6.45, 7) is 6.86. The van der Waals surface area contributed by atoms with Crippen molar-refractivity contribution in [3.8, 4) is 0 Å². The van der Waals surface area contributed by atoms with Crippen molar-refractivity contribution in [2.75, 3.05) is 0 Å². The molecule has 5 heteroatoms. The Kier molecular flexibility index (Phi) is 4.70. The third-order valence-electron chi connectivity index (χ3n) is 1.77. The number of carbonyl (C=O) groups is 3. The lowest BCUT2D eigenvalue weighted by Gasteiger charge is -2.19. The third-order valence-corrected chi connectivity index (χ3v) is 1.77. The third kappa shape index (κ3) is 3.93. The van der Waals surface area contributed by atoms with Crippen LogP contribution in [0.15, 0.2) is 11.5 Å². The summed E-state index contributed by atoms with van der Waals surface area (Å²) < 4.78 is 4.79. The first-order valence-corrected chi connectivity index (χ1v) is 4.44. The SMILES string of the molecule is CC(=O)O/C(C)=C(\C)N(C(C)=O)C(C)=O. The predicted octanol–water partition coefficient (Wildman–Crippen LogP) is 1.20. The Morgan fingerprint density at radius 1 is 0.867 bits per heavy atom. The summed E-state index contributed by atoms with van der Waals surface area (Å²) in [4.78, 5) is 33.9. The van der Waals surface area contributed by atoms with Crippen LogP contribution in [-0.2, 0) is 19.1 Å². The summed E-state index contributed by atoms with van der Waals surface area (Å²) in [5, 5.41) is 0. The van der Waals surface area contributed by atoms with Crippen LogP contribution in [0.5, 0.6) is 0 Å². The highest BCUT2D eigenvalue weighted by molar-refractivity contribution is 5.95. The zero-order chi connectivity index (χ0) is 12.2. The van der Waals surface area contributed by atoms with Crippen LogP contribution in [0.4, 0.5) is 0 Å². The van der Waals surface area contributed by atoms with E-state index in [1.807, 2.05) is 0 Å². The molecular formula is C10H15NO4. The molecule has 15 heavy (non-hydrogen) atoms. The molecule has 0 N–H and O–H groups in total. The van der Waals surface area contributed by atoms with Crippen LogP contribution in [0.25, 0.3) is 0 Å². The lowest BCUT2D eigenvalue weighted by Crippen LogP contribution is -2.32. The van der Waals surface area contributed by atoms with Gasteiger partial charge in [-0.2, -0.15) is 0 Å². The summed E-state index contributed by atoms with van der Waals surface area (Å²) in [7, 11) is 0. The molecule has 0 rings (SSSR count). The fraction of sp³-hybridized carbons (Fsp3) is 0.500. The number of allylic oxidation sites excluding steroid dienone is 2. The topological polar surface area (TPSA) is 63.7 Å². The molecule has 0 heterocycles. The standard InChI is InChI=1S/C10H15NO4/c1-6(7(2)15-10(5)14)11(8(3)12)9(4)13/h1-5H3/b7-6+. The minimum Gasteiger partial charge on any atom is -0.430 e. The first-order chi connectivity index (χ1) is 6.77. The second-order valence-corrected chi connectivity index (χ2v) is 3.11. The smallest absolute Gasteiger partial charge is 0.307 e. The Morgan fingerprint density at radius 2 is 1.27 bits per heavy atom. The quantitative estimate of drug-likeness (QED) is 0.510. The van der Waals surface area contributed by atoms with Gasteiger partial charge in [0.1, 0.15) is 5.76 Å². The van der Waals surface area contributed by atoms with E-state index in [1.165, 1.54) is 27.7 Å². The van der Waals surface area contributed by atoms with E-state index in [0.717, 1.165) is 4.90 Å². The number of carbonyl (C=O) groups excluding carboxylic acids is 3. The van der Waals surface area contributed by atoms with E-state index in [0.29, 0.717) is 5.70 Å². The highest BCUT2D eigenvalue weighted by Crippen LogP contribution is 2.11. The van der Waals surface area contributed by atoms with Gasteiger partial charge in [0.15, 0.2) is 0 Å². The lowest BCUT2D eigenvalue weighted by molar-refractivity contribution is -0.142. The largest absolute Gasteiger partial charge is 0.430 e. The molecule has 0 aromatic carbocycles. The normalized spacial score (nSPS) is 11.5. The van der Waals surface area contributed by atoms with E-state index in [2.05, 4.69) is 0 Å². The van der Waals surface area contributed by atoms with Crippen LogP contribution in [0.3, 0.4) is 0 Å². The second-order valence-electron chi connectivity index (χ2n) is 3.11. The van der Waals surface area contributed by atoms with Gasteiger partial charge in [0.05, 0.1) is 5.70 Å². The molecule has 0 aromatic rings. The van der Waals surface area contributed by atoms with Gasteiger partial charge >= 0.3 is 5.97 Å². The maximum absolute atomic E-state index is 11.1. The summed E-state index contributed by atoms with van der Waals surface area (Å²) >= 11 is 0. The van der Waals surface area contributed by atoms with Gasteiger partial charge in [0, 0.05) is 20.8 Å². The summed E-state index contributed by atoms with van der Waals surface area (Å²) in [6.07, 6.45) is 0. The fourth-order valence-electron chi connectivity index (χ4n) is 1.14. The molecule has 0 saturated heterocycles. The summed E-state index contributed by atoms with van der Waals surface area (Å²) in [6, 6.07) is 0. The molecule has 5 nitrogen and oxygen atoms in total. The molecule has 0 aromatic heterocycles. The number of hydrogen-bond donors (Lipinski definition) is 0. The maximum atomic E-state index is 11.1. The number of ether oxygens (including phenoxy) is 1. The number of hydrogen-bond acceptors (Lipinski definition) is 4. The highest BCUT2D eigenvalue weighted by Gasteiger charge is 2.18. The summed E-state index contributed by atoms with van der Waals surface area (Å²) in [5.74, 6) is -1.06. The van der Waals surface area contributed by atoms with Crippen molar-refractivity contribution in [1.29, 1.82) is 0 Å². The van der Waals surface area contributed by atoms with Gasteiger partial charge in [-0.25, -0.2) is 0 Å². The van der Waals surface area contributed by atoms with Crippen molar-refractivity contribution in [2.24, 2.45) is 0 Å². The van der Waals surface area contributed by atoms with E-state index in [4.69, 9.17) is 4.74 Å². The molecule has 0 spiro atoms. The van der Waals surface area contributed by atoms with Crippen molar-refractivity contribution in [2.45, 2.75) is 34.6 Å². The predicted molar refractivity (Wildman–Crippen MR) is 53.3 cm³/mol. The van der Waals surface area contributed by atoms with Crippen LogP contribution in [-0.4, -0.2) is 22.7 Å². The monoisotopic (exact) mass is 213 g/mol. The molecule has 84 valence electrons. The number of imide groups is 1. The maximum Gasteiger partial charge on any atom is 0.307 e. The number of nitrogens with zero attached hydrogens (tertiary/aromatic N) is 1. The van der Waals surface area contributed by atoms with Crippen LogP contribution in [0, 0.1) is 0 Å². The molecule has 2 amide bonds. The Morgan fingerprint density at radius 3 is 1.53 bits per heavy atom. The molecule has 0 fully saturated rings. The molecule has 0 aliphatic rings. The van der Waals surface area contributed by atoms with E-state index in [9.17, 15) is 14.4 Å². The Hall–Kier alpha value is -1.65. The Bertz CT molecular complexity index is 316. The zero-order valence-electron chi connectivity index (χ0n) is 9.58. The molecule has 0 radical (unpaired) electrons. The second kappa shape index (κ2) is 5.29. The van der Waals surface area contributed by atoms with Crippen LogP contribution < -0.4 is 0 Å². The van der Waals surface area contributed by atoms with E-state index < -0.39 is 17.8 Å². The van der Waals surface area contributed by atoms with Gasteiger partial charge in [0.25, 0.3) is 0 Å². The number of rotatable bonds is 2. The van der Waals surface area contributed by atoms with Crippen molar-refractivity contribution in [3.05, 3.63) is 11.5 Å². The van der Waals surface area contributed by atoms with Gasteiger partial charge in [-0.15, -0.1) is 0 Å². The average Bonchev–Trinajstić information content (AvgIpc) is 2.00. The molecule has 0 saturated carbocycles. The molecule has 0 atom stereocenters. The highest BCUT2D eigenvalue weighted by atomic mass is 16.5. The van der Waals surface area contributed by atoms with E-state index in [1.54, 1.807) is 6.92 Å². The molecule has 0 bridgehead atoms. The fourth-order valence-corrected chi connectivity index (χ4v) is 1.14. The molecule has 0 aliphatic heterocycles. The van der Waals surface area contributed by atoms with Crippen LogP contribution in [0.2, 0.25) is 0 Å². The van der Waals surface area contributed by atoms with Gasteiger partial charge in [-0.1, -0.05) is 0 Å². The minimum absolute atomic E-state index is 0.243. The number of esters is 1. The molecule has 0 aliphatic carbocycles. The van der Waals surface area contributed by atoms with Crippen molar-refractivity contribution >= 4 is 17.8 Å². The summed E-state index contributed by atoms with van der Waals surface area (Å²) in [5.41, 5.74) is 0.324. The Labute approximate surface area is 88.7 Å². The van der Waals surface area contributed by atoms with E-state index >= 15 is 0 Å². The minimum atomic E-state index is -0.487. The van der Waals surface area contributed by atoms with Gasteiger partial charge in [0.2, 0.25) is 11.8 Å². The van der Waals surface area contributed by atoms with Crippen molar-refractivity contribution < 1.29 is 19.1 Å². The van der Waals surface area contributed by atoms with Gasteiger partial charge in [-0.05, 0) is 13.8 Å². The van der Waals surface area contributed by atoms with Crippen molar-refractivity contribution in [3.63, 3.8) is 0 Å². The van der Waals surface area contributed by atoms with E-state index in [-0.39, 0.29) is 5.76 Å². The van der Waals surface area contributed by atoms with Gasteiger partial charge in [-0.3, -0.25) is 19.3 Å². The molecule has 0 unspecified atom stereocenters. The Balaban J connectivity index is 5.06. The van der Waals surface area contributed by atoms with Crippen molar-refractivity contribution in [1.82, 2.24) is 4.90 Å². The zero-order valence-corrected chi connectivity index (χ0v) is 9.58. The molecular weight excluding hydrogens is 198 g/mol. The first-order valence-electron chi connectivity index (χ1n) is 4.44. The first kappa shape index (κ1) is 13.4.